The van der Waals surface area contributed by atoms with Gasteiger partial charge in [-0.3, -0.25) is 4.98 Å². The summed E-state index contributed by atoms with van der Waals surface area (Å²) in [5.41, 5.74) is 14.3. The molecule has 8 aromatic rings. The van der Waals surface area contributed by atoms with Crippen LogP contribution in [0.3, 0.4) is 0 Å². The van der Waals surface area contributed by atoms with Gasteiger partial charge in [-0.15, -0.1) is 0 Å². The third kappa shape index (κ3) is 4.35. The van der Waals surface area contributed by atoms with Gasteiger partial charge in [-0.2, -0.15) is 0 Å². The molecule has 1 spiro atoms. The van der Waals surface area contributed by atoms with Gasteiger partial charge >= 0.3 is 0 Å². The van der Waals surface area contributed by atoms with Crippen LogP contribution in [0.5, 0.6) is 0 Å². The van der Waals surface area contributed by atoms with Gasteiger partial charge in [0.25, 0.3) is 0 Å². The van der Waals surface area contributed by atoms with Crippen LogP contribution in [0.2, 0.25) is 0 Å². The minimum Gasteiger partial charge on any atom is -0.255 e. The summed E-state index contributed by atoms with van der Waals surface area (Å²) in [6.07, 6.45) is 1.92. The third-order valence-electron chi connectivity index (χ3n) is 10.0. The van der Waals surface area contributed by atoms with Crippen molar-refractivity contribution < 1.29 is 0 Å². The quantitative estimate of drug-likeness (QED) is 0.189. The lowest BCUT2D eigenvalue weighted by molar-refractivity contribution is 0.723. The highest BCUT2D eigenvalue weighted by Crippen LogP contribution is 2.63. The van der Waals surface area contributed by atoms with E-state index < -0.39 is 5.41 Å². The fourth-order valence-corrected chi connectivity index (χ4v) is 9.17. The van der Waals surface area contributed by atoms with Gasteiger partial charge in [0, 0.05) is 38.2 Å². The summed E-state index contributed by atoms with van der Waals surface area (Å²) in [4.78, 5) is 17.7. The Morgan fingerprint density at radius 2 is 0.940 bits per heavy atom. The van der Waals surface area contributed by atoms with Crippen molar-refractivity contribution in [3.63, 3.8) is 0 Å². The van der Waals surface area contributed by atoms with E-state index in [9.17, 15) is 0 Å². The molecule has 0 fully saturated rings. The van der Waals surface area contributed by atoms with Crippen LogP contribution in [0.15, 0.2) is 186 Å². The smallest absolute Gasteiger partial charge is 0.161 e. The molecule has 234 valence electrons. The lowest BCUT2D eigenvalue weighted by Gasteiger charge is -2.40. The molecule has 2 aliphatic rings. The number of nitrogens with zero attached hydrogens (tertiary/aromatic N) is 3. The highest BCUT2D eigenvalue weighted by atomic mass is 32.2. The number of hydrogen-bond acceptors (Lipinski definition) is 4. The number of rotatable bonds is 4. The first-order valence-corrected chi connectivity index (χ1v) is 17.7. The molecule has 2 aromatic heterocycles. The monoisotopic (exact) mass is 655 g/mol. The minimum absolute atomic E-state index is 0.417. The van der Waals surface area contributed by atoms with Crippen LogP contribution in [-0.2, 0) is 5.41 Å². The van der Waals surface area contributed by atoms with Crippen molar-refractivity contribution in [2.45, 2.75) is 15.2 Å². The SMILES string of the molecule is c1ccc(-c2cc(-c3ccccc3)nc(-c3ccc(-c4cccc5c4Sc4ccccc4C54c5ccccc5-c5ccccc54)nc3)n2)cc1. The van der Waals surface area contributed by atoms with Crippen molar-refractivity contribution in [3.05, 3.63) is 198 Å². The molecule has 6 aromatic carbocycles. The fourth-order valence-electron chi connectivity index (χ4n) is 7.86. The third-order valence-corrected chi connectivity index (χ3v) is 11.3. The van der Waals surface area contributed by atoms with E-state index in [0.717, 1.165) is 39.3 Å². The lowest BCUT2D eigenvalue weighted by atomic mass is 9.67. The van der Waals surface area contributed by atoms with E-state index in [1.165, 1.54) is 43.2 Å². The average molecular weight is 656 g/mol. The summed E-state index contributed by atoms with van der Waals surface area (Å²) in [6, 6.07) is 60.4. The summed E-state index contributed by atoms with van der Waals surface area (Å²) in [5.74, 6) is 0.653. The first kappa shape index (κ1) is 28.9. The molecule has 50 heavy (non-hydrogen) atoms. The lowest BCUT2D eigenvalue weighted by Crippen LogP contribution is -2.32. The second-order valence-electron chi connectivity index (χ2n) is 12.7. The molecule has 0 bridgehead atoms. The number of aromatic nitrogens is 3. The molecule has 3 nitrogen and oxygen atoms in total. The summed E-state index contributed by atoms with van der Waals surface area (Å²) in [6.45, 7) is 0. The van der Waals surface area contributed by atoms with Crippen molar-refractivity contribution in [3.8, 4) is 56.3 Å². The van der Waals surface area contributed by atoms with Gasteiger partial charge < -0.3 is 0 Å². The van der Waals surface area contributed by atoms with E-state index in [0.29, 0.717) is 5.82 Å². The van der Waals surface area contributed by atoms with Gasteiger partial charge in [-0.25, -0.2) is 9.97 Å². The number of pyridine rings is 1. The topological polar surface area (TPSA) is 38.7 Å². The van der Waals surface area contributed by atoms with Gasteiger partial charge in [0.05, 0.1) is 22.5 Å². The Hall–Kier alpha value is -6.10. The normalized spacial score (nSPS) is 13.3. The Morgan fingerprint density at radius 1 is 0.400 bits per heavy atom. The van der Waals surface area contributed by atoms with Crippen LogP contribution >= 0.6 is 11.8 Å². The summed E-state index contributed by atoms with van der Waals surface area (Å²) < 4.78 is 0. The number of fused-ring (bicyclic) bond motifs is 9. The molecule has 0 radical (unpaired) electrons. The Balaban J connectivity index is 1.13. The highest BCUT2D eigenvalue weighted by Gasteiger charge is 2.50. The second-order valence-corrected chi connectivity index (χ2v) is 13.8. The molecule has 4 heteroatoms. The summed E-state index contributed by atoms with van der Waals surface area (Å²) in [7, 11) is 0. The van der Waals surface area contributed by atoms with E-state index in [1.54, 1.807) is 0 Å². The van der Waals surface area contributed by atoms with Gasteiger partial charge in [0.2, 0.25) is 0 Å². The summed E-state index contributed by atoms with van der Waals surface area (Å²) in [5, 5.41) is 0. The molecular formula is C46H29N3S. The molecule has 0 unspecified atom stereocenters. The molecule has 1 aliphatic carbocycles. The molecule has 1 aliphatic heterocycles. The maximum atomic E-state index is 5.10. The molecule has 0 saturated heterocycles. The minimum atomic E-state index is -0.417. The molecule has 3 heterocycles. The highest BCUT2D eigenvalue weighted by molar-refractivity contribution is 7.99. The van der Waals surface area contributed by atoms with Crippen LogP contribution in [0, 0.1) is 0 Å². The number of benzene rings is 6. The van der Waals surface area contributed by atoms with Crippen molar-refractivity contribution in [2.75, 3.05) is 0 Å². The molecule has 10 rings (SSSR count). The van der Waals surface area contributed by atoms with E-state index in [4.69, 9.17) is 15.0 Å². The first-order chi connectivity index (χ1) is 24.8. The van der Waals surface area contributed by atoms with Crippen molar-refractivity contribution >= 4 is 11.8 Å². The Labute approximate surface area is 295 Å². The standard InChI is InChI=1S/C46H29N3S/c1-3-14-30(15-4-1)41-28-42(31-16-5-2-6-17-31)49-45(48-41)32-26-27-40(47-29-32)35-20-13-24-39-44(35)50-43-25-12-11-23-38(43)46(39)36-21-9-7-18-33(36)34-19-8-10-22-37(34)46/h1-29H. The fraction of sp³-hybridized carbons (Fsp3) is 0.0217. The first-order valence-electron chi connectivity index (χ1n) is 16.9. The zero-order chi connectivity index (χ0) is 33.1. The second kappa shape index (κ2) is 11.5. The van der Waals surface area contributed by atoms with Gasteiger partial charge in [0.1, 0.15) is 0 Å². The zero-order valence-electron chi connectivity index (χ0n) is 27.0. The number of hydrogen-bond donors (Lipinski definition) is 0. The summed E-state index contributed by atoms with van der Waals surface area (Å²) >= 11 is 1.85. The van der Waals surface area contributed by atoms with Crippen molar-refractivity contribution in [2.24, 2.45) is 0 Å². The van der Waals surface area contributed by atoms with Gasteiger partial charge in [-0.05, 0) is 57.6 Å². The largest absolute Gasteiger partial charge is 0.255 e. The van der Waals surface area contributed by atoms with Crippen LogP contribution in [0.4, 0.5) is 0 Å². The van der Waals surface area contributed by atoms with E-state index in [-0.39, 0.29) is 0 Å². The van der Waals surface area contributed by atoms with Crippen LogP contribution in [-0.4, -0.2) is 15.0 Å². The molecule has 0 N–H and O–H groups in total. The molecular weight excluding hydrogens is 627 g/mol. The Bertz CT molecular complexity index is 2460. The van der Waals surface area contributed by atoms with Crippen LogP contribution in [0.25, 0.3) is 56.3 Å². The van der Waals surface area contributed by atoms with Crippen molar-refractivity contribution in [1.29, 1.82) is 0 Å². The van der Waals surface area contributed by atoms with E-state index >= 15 is 0 Å². The molecule has 0 atom stereocenters. The van der Waals surface area contributed by atoms with Crippen LogP contribution in [0.1, 0.15) is 22.3 Å². The van der Waals surface area contributed by atoms with Crippen molar-refractivity contribution in [1.82, 2.24) is 15.0 Å². The van der Waals surface area contributed by atoms with E-state index in [2.05, 4.69) is 133 Å². The van der Waals surface area contributed by atoms with Gasteiger partial charge in [-0.1, -0.05) is 157 Å². The molecule has 0 saturated carbocycles. The Kier molecular flexibility index (Phi) is 6.64. The molecule has 0 amide bonds. The van der Waals surface area contributed by atoms with Gasteiger partial charge in [0.15, 0.2) is 5.82 Å². The zero-order valence-corrected chi connectivity index (χ0v) is 27.8. The average Bonchev–Trinajstić information content (AvgIpc) is 3.49. The predicted molar refractivity (Wildman–Crippen MR) is 203 cm³/mol. The van der Waals surface area contributed by atoms with Crippen LogP contribution < -0.4 is 0 Å². The maximum Gasteiger partial charge on any atom is 0.161 e. The maximum absolute atomic E-state index is 5.10. The van der Waals surface area contributed by atoms with E-state index in [1.807, 2.05) is 54.4 Å². The Morgan fingerprint density at radius 3 is 1.56 bits per heavy atom. The predicted octanol–water partition coefficient (Wildman–Crippen LogP) is 11.4.